The van der Waals surface area contributed by atoms with Crippen LogP contribution in [0, 0.1) is 5.92 Å². The topological polar surface area (TPSA) is 214 Å². The summed E-state index contributed by atoms with van der Waals surface area (Å²) in [6.45, 7) is 4.11. The van der Waals surface area contributed by atoms with Gasteiger partial charge < -0.3 is 37.6 Å². The summed E-state index contributed by atoms with van der Waals surface area (Å²) in [6.07, 6.45) is -0.987. The van der Waals surface area contributed by atoms with Crippen LogP contribution >= 0.6 is 0 Å². The van der Waals surface area contributed by atoms with Gasteiger partial charge in [-0.2, -0.15) is 0 Å². The molecule has 4 amide bonds. The Kier molecular flexibility index (Phi) is 11.5. The lowest BCUT2D eigenvalue weighted by atomic mass is 9.97. The molecule has 0 aliphatic heterocycles. The quantitative estimate of drug-likeness (QED) is 0.165. The lowest BCUT2D eigenvalue weighted by Gasteiger charge is -2.28. The zero-order valence-electron chi connectivity index (χ0n) is 16.8. The van der Waals surface area contributed by atoms with Crippen molar-refractivity contribution in [1.82, 2.24) is 16.0 Å². The number of carbonyl (C=O) groups is 5. The monoisotopic (exact) mass is 417 g/mol. The van der Waals surface area contributed by atoms with Crippen molar-refractivity contribution in [1.29, 1.82) is 0 Å². The van der Waals surface area contributed by atoms with Gasteiger partial charge in [-0.1, -0.05) is 20.3 Å². The first-order chi connectivity index (χ1) is 13.4. The van der Waals surface area contributed by atoms with Gasteiger partial charge in [-0.15, -0.1) is 0 Å². The minimum Gasteiger partial charge on any atom is -0.480 e. The molecule has 0 aromatic heterocycles. The van der Waals surface area contributed by atoms with Crippen molar-refractivity contribution in [3.63, 3.8) is 0 Å². The van der Waals surface area contributed by atoms with Crippen molar-refractivity contribution >= 4 is 29.6 Å². The number of hydrogen-bond donors (Lipinski definition) is 7. The minimum atomic E-state index is -1.42. The molecule has 0 bridgehead atoms. The van der Waals surface area contributed by atoms with Crippen LogP contribution in [0.2, 0.25) is 0 Å². The average molecular weight is 417 g/mol. The number of amides is 4. The number of carbonyl (C=O) groups excluding carboxylic acids is 4. The van der Waals surface area contributed by atoms with E-state index in [4.69, 9.17) is 16.6 Å². The number of carboxylic acids is 1. The van der Waals surface area contributed by atoms with Crippen molar-refractivity contribution in [3.8, 4) is 0 Å². The number of hydrogen-bond acceptors (Lipinski definition) is 7. The van der Waals surface area contributed by atoms with E-state index in [1.54, 1.807) is 13.8 Å². The number of carboxylic acid groups (broad SMARTS) is 1. The number of rotatable bonds is 13. The van der Waals surface area contributed by atoms with Crippen molar-refractivity contribution in [2.24, 2.45) is 17.4 Å². The van der Waals surface area contributed by atoms with Gasteiger partial charge in [0.25, 0.3) is 0 Å². The van der Waals surface area contributed by atoms with Gasteiger partial charge in [-0.3, -0.25) is 24.0 Å². The van der Waals surface area contributed by atoms with Crippen LogP contribution in [0.25, 0.3) is 0 Å². The van der Waals surface area contributed by atoms with Gasteiger partial charge in [-0.25, -0.2) is 0 Å². The molecule has 12 nitrogen and oxygen atoms in total. The second-order valence-electron chi connectivity index (χ2n) is 6.82. The van der Waals surface area contributed by atoms with Crippen LogP contribution in [0.15, 0.2) is 0 Å². The van der Waals surface area contributed by atoms with E-state index in [-0.39, 0.29) is 18.8 Å². The molecule has 0 heterocycles. The predicted octanol–water partition coefficient (Wildman–Crippen LogP) is -2.82. The van der Waals surface area contributed by atoms with Crippen LogP contribution < -0.4 is 27.4 Å². The summed E-state index contributed by atoms with van der Waals surface area (Å²) >= 11 is 0. The van der Waals surface area contributed by atoms with Crippen LogP contribution in [0.4, 0.5) is 0 Å². The highest BCUT2D eigenvalue weighted by atomic mass is 16.4. The molecule has 166 valence electrons. The van der Waals surface area contributed by atoms with Crippen LogP contribution in [-0.2, 0) is 24.0 Å². The maximum absolute atomic E-state index is 12.6. The Morgan fingerprint density at radius 2 is 1.52 bits per heavy atom. The molecule has 0 saturated heterocycles. The summed E-state index contributed by atoms with van der Waals surface area (Å²) in [4.78, 5) is 58.4. The Hall–Kier alpha value is -2.73. The number of nitrogens with two attached hydrogens (primary N) is 2. The third-order valence-corrected chi connectivity index (χ3v) is 4.31. The Balaban J connectivity index is 5.18. The molecule has 5 atom stereocenters. The highest BCUT2D eigenvalue weighted by molar-refractivity contribution is 5.94. The second kappa shape index (κ2) is 12.7. The third-order valence-electron chi connectivity index (χ3n) is 4.31. The van der Waals surface area contributed by atoms with Gasteiger partial charge in [0.05, 0.1) is 12.1 Å². The van der Waals surface area contributed by atoms with E-state index in [0.717, 1.165) is 0 Å². The van der Waals surface area contributed by atoms with E-state index in [1.165, 1.54) is 6.92 Å². The predicted molar refractivity (Wildman–Crippen MR) is 102 cm³/mol. The smallest absolute Gasteiger partial charge is 0.322 e. The van der Waals surface area contributed by atoms with Crippen molar-refractivity contribution in [2.75, 3.05) is 6.54 Å². The van der Waals surface area contributed by atoms with Crippen LogP contribution in [0.5, 0.6) is 0 Å². The summed E-state index contributed by atoms with van der Waals surface area (Å²) in [5.74, 6) is -4.55. The van der Waals surface area contributed by atoms with Crippen LogP contribution in [-0.4, -0.2) is 70.6 Å². The van der Waals surface area contributed by atoms with Crippen molar-refractivity contribution < 1.29 is 34.2 Å². The van der Waals surface area contributed by atoms with Gasteiger partial charge >= 0.3 is 5.97 Å². The summed E-state index contributed by atoms with van der Waals surface area (Å²) in [5, 5.41) is 25.5. The summed E-state index contributed by atoms with van der Waals surface area (Å²) in [5.41, 5.74) is 10.6. The van der Waals surface area contributed by atoms with E-state index in [1.807, 2.05) is 0 Å². The molecule has 5 unspecified atom stereocenters. The van der Waals surface area contributed by atoms with E-state index in [2.05, 4.69) is 16.0 Å². The van der Waals surface area contributed by atoms with E-state index in [0.29, 0.717) is 6.42 Å². The third kappa shape index (κ3) is 9.85. The molecule has 0 fully saturated rings. The Labute approximate surface area is 168 Å². The molecule has 12 heteroatoms. The van der Waals surface area contributed by atoms with E-state index in [9.17, 15) is 29.1 Å². The van der Waals surface area contributed by atoms with Crippen LogP contribution in [0.1, 0.15) is 40.0 Å². The maximum Gasteiger partial charge on any atom is 0.322 e. The van der Waals surface area contributed by atoms with Gasteiger partial charge in [0, 0.05) is 6.42 Å². The zero-order valence-corrected chi connectivity index (χ0v) is 16.8. The molecular weight excluding hydrogens is 386 g/mol. The molecular formula is C17H31N5O7. The highest BCUT2D eigenvalue weighted by Crippen LogP contribution is 2.09. The van der Waals surface area contributed by atoms with Gasteiger partial charge in [0.15, 0.2) is 0 Å². The Morgan fingerprint density at radius 3 is 1.97 bits per heavy atom. The molecule has 0 saturated carbocycles. The maximum atomic E-state index is 12.6. The van der Waals surface area contributed by atoms with Gasteiger partial charge in [-0.05, 0) is 19.3 Å². The van der Waals surface area contributed by atoms with Gasteiger partial charge in [0.1, 0.15) is 18.6 Å². The minimum absolute atomic E-state index is 0.0393. The molecule has 0 rings (SSSR count). The molecule has 0 aromatic carbocycles. The number of aliphatic hydroxyl groups is 1. The van der Waals surface area contributed by atoms with Gasteiger partial charge in [0.2, 0.25) is 23.6 Å². The fraction of sp³-hybridized carbons (Fsp3) is 0.706. The first kappa shape index (κ1) is 26.3. The lowest BCUT2D eigenvalue weighted by molar-refractivity contribution is -0.139. The molecule has 0 spiro atoms. The molecule has 9 N–H and O–H groups in total. The zero-order chi connectivity index (χ0) is 22.7. The molecule has 29 heavy (non-hydrogen) atoms. The fourth-order valence-electron chi connectivity index (χ4n) is 2.31. The number of nitrogens with one attached hydrogen (secondary N) is 3. The number of aliphatic carboxylic acids is 1. The first-order valence-corrected chi connectivity index (χ1v) is 9.22. The second-order valence-corrected chi connectivity index (χ2v) is 6.82. The normalized spacial score (nSPS) is 15.9. The Bertz CT molecular complexity index is 611. The molecule has 0 aliphatic rings. The van der Waals surface area contributed by atoms with E-state index >= 15 is 0 Å². The largest absolute Gasteiger partial charge is 0.480 e. The van der Waals surface area contributed by atoms with Crippen molar-refractivity contribution in [2.45, 2.75) is 64.3 Å². The molecule has 0 radical (unpaired) electrons. The summed E-state index contributed by atoms with van der Waals surface area (Å²) in [6, 6.07) is -3.62. The highest BCUT2D eigenvalue weighted by Gasteiger charge is 2.32. The number of aliphatic hydroxyl groups excluding tert-OH is 1. The SMILES string of the molecule is CCC(C)C(NC(=O)C(NC(=O)C(N)CCC(N)=O)C(C)O)C(=O)NCC(=O)O. The van der Waals surface area contributed by atoms with E-state index < -0.39 is 60.4 Å². The van der Waals surface area contributed by atoms with Crippen LogP contribution in [0.3, 0.4) is 0 Å². The summed E-state index contributed by atoms with van der Waals surface area (Å²) in [7, 11) is 0. The lowest BCUT2D eigenvalue weighted by Crippen LogP contribution is -2.60. The molecule has 0 aromatic rings. The standard InChI is InChI=1S/C17H31N5O7/c1-4-8(2)13(16(28)20-7-12(25)26)21-17(29)14(9(3)23)22-15(27)10(18)5-6-11(19)24/h8-10,13-14,23H,4-7,18H2,1-3H3,(H2,19,24)(H,20,28)(H,21,29)(H,22,27)(H,25,26). The molecule has 0 aliphatic carbocycles. The number of primary amides is 1. The van der Waals surface area contributed by atoms with Crippen molar-refractivity contribution in [3.05, 3.63) is 0 Å². The summed E-state index contributed by atoms with van der Waals surface area (Å²) < 4.78 is 0. The fourth-order valence-corrected chi connectivity index (χ4v) is 2.31. The Morgan fingerprint density at radius 1 is 0.966 bits per heavy atom. The average Bonchev–Trinajstić information content (AvgIpc) is 2.64. The first-order valence-electron chi connectivity index (χ1n) is 9.22.